The van der Waals surface area contributed by atoms with Gasteiger partial charge in [-0.1, -0.05) is 45.0 Å². The van der Waals surface area contributed by atoms with Crippen LogP contribution in [0.5, 0.6) is 0 Å². The minimum atomic E-state index is 0.0304. The smallest absolute Gasteiger partial charge is 0.156 e. The van der Waals surface area contributed by atoms with Crippen molar-refractivity contribution in [3.05, 3.63) is 52.8 Å². The summed E-state index contributed by atoms with van der Waals surface area (Å²) in [7, 11) is 0. The monoisotopic (exact) mass is 291 g/mol. The zero-order chi connectivity index (χ0) is 15.5. The van der Waals surface area contributed by atoms with Crippen molar-refractivity contribution in [3.63, 3.8) is 0 Å². The lowest BCUT2D eigenvalue weighted by Gasteiger charge is -2.21. The van der Waals surface area contributed by atoms with Gasteiger partial charge >= 0.3 is 0 Å². The first-order valence-electron chi connectivity index (χ1n) is 7.93. The zero-order valence-corrected chi connectivity index (χ0v) is 13.6. The Hall–Kier alpha value is -2.16. The van der Waals surface area contributed by atoms with Crippen LogP contribution >= 0.6 is 0 Å². The van der Waals surface area contributed by atoms with Crippen LogP contribution in [0.4, 0.5) is 0 Å². The topological polar surface area (TPSA) is 30.2 Å². The molecule has 3 heteroatoms. The van der Waals surface area contributed by atoms with E-state index in [9.17, 15) is 0 Å². The number of hydrogen-bond donors (Lipinski definition) is 0. The van der Waals surface area contributed by atoms with Gasteiger partial charge < -0.3 is 0 Å². The minimum Gasteiger partial charge on any atom is -0.234 e. The standard InChI is InChI=1S/C19H21N3/c1-12-14-10-9-13-7-5-6-8-15(13)18(14)22-17(20-12)11-16(21-22)19(2,3)4/h5-8,11H,9-10H2,1-4H3. The molecule has 4 rings (SSSR count). The molecule has 0 bridgehead atoms. The largest absolute Gasteiger partial charge is 0.234 e. The van der Waals surface area contributed by atoms with E-state index < -0.39 is 0 Å². The highest BCUT2D eigenvalue weighted by Gasteiger charge is 2.25. The molecule has 0 aliphatic heterocycles. The molecule has 0 radical (unpaired) electrons. The molecular formula is C19H21N3. The van der Waals surface area contributed by atoms with Crippen molar-refractivity contribution < 1.29 is 0 Å². The molecule has 0 saturated carbocycles. The molecule has 0 fully saturated rings. The van der Waals surface area contributed by atoms with Gasteiger partial charge in [-0.15, -0.1) is 0 Å². The van der Waals surface area contributed by atoms with Gasteiger partial charge in [0.25, 0.3) is 0 Å². The Bertz CT molecular complexity index is 882. The van der Waals surface area contributed by atoms with Crippen molar-refractivity contribution in [1.82, 2.24) is 14.6 Å². The average molecular weight is 291 g/mol. The van der Waals surface area contributed by atoms with Crippen LogP contribution < -0.4 is 0 Å². The molecule has 3 nitrogen and oxygen atoms in total. The van der Waals surface area contributed by atoms with Gasteiger partial charge in [-0.05, 0) is 25.3 Å². The van der Waals surface area contributed by atoms with E-state index in [1.165, 1.54) is 22.4 Å². The maximum absolute atomic E-state index is 4.89. The number of aromatic nitrogens is 3. The van der Waals surface area contributed by atoms with Gasteiger partial charge in [0.15, 0.2) is 5.65 Å². The summed E-state index contributed by atoms with van der Waals surface area (Å²) in [5, 5.41) is 4.89. The summed E-state index contributed by atoms with van der Waals surface area (Å²) in [4.78, 5) is 4.80. The summed E-state index contributed by atoms with van der Waals surface area (Å²) in [6.07, 6.45) is 2.14. The fourth-order valence-corrected chi connectivity index (χ4v) is 3.33. The summed E-state index contributed by atoms with van der Waals surface area (Å²) in [6, 6.07) is 10.8. The van der Waals surface area contributed by atoms with Gasteiger partial charge in [0.2, 0.25) is 0 Å². The summed E-state index contributed by atoms with van der Waals surface area (Å²) in [5.41, 5.74) is 8.51. The molecule has 22 heavy (non-hydrogen) atoms. The van der Waals surface area contributed by atoms with Crippen LogP contribution in [0.25, 0.3) is 16.9 Å². The minimum absolute atomic E-state index is 0.0304. The number of rotatable bonds is 0. The third kappa shape index (κ3) is 1.88. The molecule has 2 aromatic heterocycles. The Labute approximate surface area is 131 Å². The van der Waals surface area contributed by atoms with Crippen LogP contribution in [0.2, 0.25) is 0 Å². The van der Waals surface area contributed by atoms with Gasteiger partial charge in [0.05, 0.1) is 11.4 Å². The second-order valence-electron chi connectivity index (χ2n) is 7.23. The molecule has 0 unspecified atom stereocenters. The molecule has 0 atom stereocenters. The first kappa shape index (κ1) is 13.5. The number of benzene rings is 1. The highest BCUT2D eigenvalue weighted by molar-refractivity contribution is 5.73. The Balaban J connectivity index is 2.09. The maximum Gasteiger partial charge on any atom is 0.156 e. The summed E-state index contributed by atoms with van der Waals surface area (Å²) < 4.78 is 2.06. The Morgan fingerprint density at radius 1 is 1.09 bits per heavy atom. The first-order chi connectivity index (χ1) is 10.4. The van der Waals surface area contributed by atoms with E-state index in [2.05, 4.69) is 62.5 Å². The van der Waals surface area contributed by atoms with Crippen LogP contribution in [-0.2, 0) is 18.3 Å². The SMILES string of the molecule is Cc1nc2cc(C(C)(C)C)nn2c2c1CCc1ccccc1-2. The molecule has 0 saturated heterocycles. The Morgan fingerprint density at radius 3 is 2.64 bits per heavy atom. The maximum atomic E-state index is 4.89. The van der Waals surface area contributed by atoms with E-state index in [-0.39, 0.29) is 5.41 Å². The van der Waals surface area contributed by atoms with Crippen LogP contribution in [-0.4, -0.2) is 14.6 Å². The summed E-state index contributed by atoms with van der Waals surface area (Å²) in [6.45, 7) is 8.71. The molecule has 0 amide bonds. The molecule has 112 valence electrons. The lowest BCUT2D eigenvalue weighted by molar-refractivity contribution is 0.562. The molecule has 1 aliphatic carbocycles. The molecule has 0 spiro atoms. The van der Waals surface area contributed by atoms with Crippen molar-refractivity contribution in [3.8, 4) is 11.3 Å². The van der Waals surface area contributed by atoms with Crippen molar-refractivity contribution >= 4 is 5.65 Å². The number of hydrogen-bond acceptors (Lipinski definition) is 2. The molecule has 1 aliphatic rings. The van der Waals surface area contributed by atoms with Gasteiger partial charge in [0.1, 0.15) is 0 Å². The van der Waals surface area contributed by atoms with E-state index in [1.54, 1.807) is 0 Å². The lowest BCUT2D eigenvalue weighted by Crippen LogP contribution is -2.14. The fourth-order valence-electron chi connectivity index (χ4n) is 3.33. The van der Waals surface area contributed by atoms with E-state index >= 15 is 0 Å². The first-order valence-corrected chi connectivity index (χ1v) is 7.93. The molecule has 0 N–H and O–H groups in total. The highest BCUT2D eigenvalue weighted by Crippen LogP contribution is 2.35. The lowest BCUT2D eigenvalue weighted by atomic mass is 9.88. The quantitative estimate of drug-likeness (QED) is 0.624. The Kier molecular flexibility index (Phi) is 2.71. The van der Waals surface area contributed by atoms with Gasteiger partial charge in [-0.2, -0.15) is 5.10 Å². The van der Waals surface area contributed by atoms with E-state index in [0.29, 0.717) is 0 Å². The van der Waals surface area contributed by atoms with E-state index in [0.717, 1.165) is 29.9 Å². The molecule has 3 aromatic rings. The van der Waals surface area contributed by atoms with E-state index in [1.807, 2.05) is 0 Å². The zero-order valence-electron chi connectivity index (χ0n) is 13.6. The predicted molar refractivity (Wildman–Crippen MR) is 89.3 cm³/mol. The Morgan fingerprint density at radius 2 is 1.86 bits per heavy atom. The van der Waals surface area contributed by atoms with Crippen molar-refractivity contribution in [2.75, 3.05) is 0 Å². The fraction of sp³-hybridized carbons (Fsp3) is 0.368. The molecule has 2 heterocycles. The number of nitrogens with zero attached hydrogens (tertiary/aromatic N) is 3. The second kappa shape index (κ2) is 4.42. The van der Waals surface area contributed by atoms with Crippen molar-refractivity contribution in [1.29, 1.82) is 0 Å². The number of fused-ring (bicyclic) bond motifs is 5. The van der Waals surface area contributed by atoms with Crippen LogP contribution in [0.3, 0.4) is 0 Å². The third-order valence-electron chi connectivity index (χ3n) is 4.59. The molecular weight excluding hydrogens is 270 g/mol. The summed E-state index contributed by atoms with van der Waals surface area (Å²) in [5.74, 6) is 0. The normalized spacial score (nSPS) is 14.0. The third-order valence-corrected chi connectivity index (χ3v) is 4.59. The van der Waals surface area contributed by atoms with Crippen LogP contribution in [0.15, 0.2) is 30.3 Å². The summed E-state index contributed by atoms with van der Waals surface area (Å²) >= 11 is 0. The second-order valence-corrected chi connectivity index (χ2v) is 7.23. The van der Waals surface area contributed by atoms with Gasteiger partial charge in [0, 0.05) is 28.3 Å². The van der Waals surface area contributed by atoms with E-state index in [4.69, 9.17) is 10.1 Å². The highest BCUT2D eigenvalue weighted by atomic mass is 15.3. The van der Waals surface area contributed by atoms with Crippen molar-refractivity contribution in [2.45, 2.75) is 46.0 Å². The molecule has 1 aromatic carbocycles. The van der Waals surface area contributed by atoms with Gasteiger partial charge in [-0.25, -0.2) is 9.50 Å². The van der Waals surface area contributed by atoms with Crippen molar-refractivity contribution in [2.24, 2.45) is 0 Å². The predicted octanol–water partition coefficient (Wildman–Crippen LogP) is 4.10. The van der Waals surface area contributed by atoms with Crippen LogP contribution in [0, 0.1) is 6.92 Å². The van der Waals surface area contributed by atoms with Gasteiger partial charge in [-0.3, -0.25) is 0 Å². The number of aryl methyl sites for hydroxylation is 2. The average Bonchev–Trinajstić information content (AvgIpc) is 2.90. The van der Waals surface area contributed by atoms with Crippen LogP contribution in [0.1, 0.15) is 43.3 Å².